The topological polar surface area (TPSA) is 30.5 Å². The average molecular weight is 461 g/mol. The normalized spacial score (nSPS) is 11.0. The van der Waals surface area contributed by atoms with Gasteiger partial charge < -0.3 is 14.8 Å². The predicted octanol–water partition coefficient (Wildman–Crippen LogP) is 6.48. The number of rotatable bonds is 9. The van der Waals surface area contributed by atoms with E-state index in [4.69, 9.17) is 32.7 Å². The second-order valence-corrected chi connectivity index (χ2v) is 8.18. The Balaban J connectivity index is 2.05. The first-order chi connectivity index (χ1) is 12.4. The van der Waals surface area contributed by atoms with Crippen molar-refractivity contribution in [3.05, 3.63) is 56.0 Å². The monoisotopic (exact) mass is 459 g/mol. The van der Waals surface area contributed by atoms with Crippen LogP contribution in [0.5, 0.6) is 11.5 Å². The summed E-state index contributed by atoms with van der Waals surface area (Å²) in [7, 11) is 1.64. The first kappa shape index (κ1) is 21.4. The van der Waals surface area contributed by atoms with Gasteiger partial charge in [0, 0.05) is 26.6 Å². The molecule has 2 rings (SSSR count). The molecule has 0 aliphatic heterocycles. The minimum atomic E-state index is 0.338. The summed E-state index contributed by atoms with van der Waals surface area (Å²) in [6.07, 6.45) is 1.15. The number of methoxy groups -OCH3 is 1. The molecular formula is C20H24BrCl2NO2. The van der Waals surface area contributed by atoms with E-state index >= 15 is 0 Å². The molecule has 0 aliphatic rings. The molecule has 0 aliphatic carbocycles. The van der Waals surface area contributed by atoms with E-state index in [0.29, 0.717) is 34.1 Å². The maximum absolute atomic E-state index is 6.21. The Morgan fingerprint density at radius 2 is 1.85 bits per heavy atom. The molecular weight excluding hydrogens is 437 g/mol. The molecule has 26 heavy (non-hydrogen) atoms. The number of ether oxygens (including phenoxy) is 2. The second-order valence-electron chi connectivity index (χ2n) is 6.48. The minimum Gasteiger partial charge on any atom is -0.493 e. The van der Waals surface area contributed by atoms with Crippen LogP contribution in [0, 0.1) is 5.92 Å². The van der Waals surface area contributed by atoms with E-state index in [1.54, 1.807) is 19.2 Å². The van der Waals surface area contributed by atoms with Gasteiger partial charge >= 0.3 is 0 Å². The van der Waals surface area contributed by atoms with Gasteiger partial charge in [0.25, 0.3) is 0 Å². The zero-order valence-corrected chi connectivity index (χ0v) is 18.3. The molecule has 2 aromatic carbocycles. The van der Waals surface area contributed by atoms with Crippen molar-refractivity contribution in [2.45, 2.75) is 33.4 Å². The lowest BCUT2D eigenvalue weighted by Gasteiger charge is -2.15. The van der Waals surface area contributed by atoms with Crippen LogP contribution in [0.2, 0.25) is 10.0 Å². The molecule has 0 fully saturated rings. The van der Waals surface area contributed by atoms with E-state index in [-0.39, 0.29) is 0 Å². The van der Waals surface area contributed by atoms with Crippen molar-refractivity contribution >= 4 is 39.1 Å². The Labute approximate surface area is 174 Å². The maximum atomic E-state index is 6.21. The lowest BCUT2D eigenvalue weighted by atomic mass is 10.1. The van der Waals surface area contributed by atoms with Crippen LogP contribution >= 0.6 is 39.1 Å². The van der Waals surface area contributed by atoms with Crippen LogP contribution in [0.1, 0.15) is 31.4 Å². The number of benzene rings is 2. The van der Waals surface area contributed by atoms with Crippen molar-refractivity contribution in [2.24, 2.45) is 5.92 Å². The van der Waals surface area contributed by atoms with E-state index in [0.717, 1.165) is 35.1 Å². The molecule has 0 spiro atoms. The van der Waals surface area contributed by atoms with Gasteiger partial charge in [-0.05, 0) is 48.7 Å². The molecule has 0 saturated heterocycles. The maximum Gasteiger partial charge on any atom is 0.162 e. The zero-order chi connectivity index (χ0) is 19.1. The van der Waals surface area contributed by atoms with Crippen LogP contribution in [0.25, 0.3) is 0 Å². The molecule has 0 unspecified atom stereocenters. The fourth-order valence-corrected chi connectivity index (χ4v) is 3.32. The quantitative estimate of drug-likeness (QED) is 0.434. The van der Waals surface area contributed by atoms with Gasteiger partial charge in [0.2, 0.25) is 0 Å². The lowest BCUT2D eigenvalue weighted by Crippen LogP contribution is -2.16. The molecule has 0 aromatic heterocycles. The van der Waals surface area contributed by atoms with Crippen molar-refractivity contribution in [2.75, 3.05) is 13.7 Å². The molecule has 0 radical (unpaired) electrons. The third kappa shape index (κ3) is 6.34. The number of hydrogen-bond acceptors (Lipinski definition) is 3. The minimum absolute atomic E-state index is 0.338. The van der Waals surface area contributed by atoms with Crippen molar-refractivity contribution in [3.63, 3.8) is 0 Å². The summed E-state index contributed by atoms with van der Waals surface area (Å²) in [5.41, 5.74) is 2.00. The highest BCUT2D eigenvalue weighted by Crippen LogP contribution is 2.34. The van der Waals surface area contributed by atoms with Crippen LogP contribution in [-0.4, -0.2) is 13.7 Å². The Kier molecular flexibility index (Phi) is 8.55. The van der Waals surface area contributed by atoms with Gasteiger partial charge in [-0.25, -0.2) is 0 Å². The Morgan fingerprint density at radius 1 is 1.08 bits per heavy atom. The average Bonchev–Trinajstić information content (AvgIpc) is 2.59. The van der Waals surface area contributed by atoms with Crippen molar-refractivity contribution in [1.29, 1.82) is 0 Å². The summed E-state index contributed by atoms with van der Waals surface area (Å²) in [6, 6.07) is 9.29. The third-order valence-electron chi connectivity index (χ3n) is 3.94. The third-order valence-corrected chi connectivity index (χ3v) is 5.27. The molecule has 0 atom stereocenters. The molecule has 0 saturated carbocycles. The fourth-order valence-electron chi connectivity index (χ4n) is 2.39. The number of nitrogens with one attached hydrogen (secondary N) is 1. The van der Waals surface area contributed by atoms with Gasteiger partial charge in [0.15, 0.2) is 11.5 Å². The van der Waals surface area contributed by atoms with Gasteiger partial charge in [-0.15, -0.1) is 0 Å². The zero-order valence-electron chi connectivity index (χ0n) is 15.2. The molecule has 6 heteroatoms. The van der Waals surface area contributed by atoms with Gasteiger partial charge in [-0.3, -0.25) is 0 Å². The molecule has 1 N–H and O–H groups in total. The Hall–Kier alpha value is -0.940. The van der Waals surface area contributed by atoms with E-state index in [1.807, 2.05) is 18.2 Å². The van der Waals surface area contributed by atoms with Crippen molar-refractivity contribution in [1.82, 2.24) is 5.32 Å². The first-order valence-corrected chi connectivity index (χ1v) is 10.1. The summed E-state index contributed by atoms with van der Waals surface area (Å²) >= 11 is 15.8. The van der Waals surface area contributed by atoms with Crippen LogP contribution in [0.3, 0.4) is 0 Å². The summed E-state index contributed by atoms with van der Waals surface area (Å²) in [6.45, 7) is 6.54. The van der Waals surface area contributed by atoms with E-state index in [1.165, 1.54) is 0 Å². The highest BCUT2D eigenvalue weighted by molar-refractivity contribution is 9.10. The smallest absolute Gasteiger partial charge is 0.162 e. The number of halogens is 3. The highest BCUT2D eigenvalue weighted by Gasteiger charge is 2.12. The Bertz CT molecular complexity index is 738. The van der Waals surface area contributed by atoms with Crippen LogP contribution in [0.15, 0.2) is 34.8 Å². The van der Waals surface area contributed by atoms with Gasteiger partial charge in [-0.1, -0.05) is 59.0 Å². The Morgan fingerprint density at radius 3 is 2.50 bits per heavy atom. The number of hydrogen-bond donors (Lipinski definition) is 1. The van der Waals surface area contributed by atoms with Gasteiger partial charge in [0.1, 0.15) is 6.61 Å². The molecule has 2 aromatic rings. The van der Waals surface area contributed by atoms with Crippen molar-refractivity contribution in [3.8, 4) is 11.5 Å². The van der Waals surface area contributed by atoms with E-state index < -0.39 is 0 Å². The molecule has 0 heterocycles. The predicted molar refractivity (Wildman–Crippen MR) is 113 cm³/mol. The largest absolute Gasteiger partial charge is 0.493 e. The van der Waals surface area contributed by atoms with Crippen molar-refractivity contribution < 1.29 is 9.47 Å². The highest BCUT2D eigenvalue weighted by atomic mass is 79.9. The van der Waals surface area contributed by atoms with Gasteiger partial charge in [0.05, 0.1) is 7.11 Å². The summed E-state index contributed by atoms with van der Waals surface area (Å²) in [5.74, 6) is 2.05. The second kappa shape index (κ2) is 10.4. The van der Waals surface area contributed by atoms with E-state index in [9.17, 15) is 0 Å². The molecule has 0 amide bonds. The summed E-state index contributed by atoms with van der Waals surface area (Å²) in [5, 5.41) is 4.65. The summed E-state index contributed by atoms with van der Waals surface area (Å²) < 4.78 is 12.4. The van der Waals surface area contributed by atoms with Gasteiger partial charge in [-0.2, -0.15) is 0 Å². The molecule has 0 bridgehead atoms. The van der Waals surface area contributed by atoms with Crippen LogP contribution < -0.4 is 14.8 Å². The SMILES string of the molecule is COc1cc(CNCCC(C)C)c(Br)cc1OCc1ccc(Cl)cc1Cl. The van der Waals surface area contributed by atoms with Crippen LogP contribution in [-0.2, 0) is 13.2 Å². The first-order valence-electron chi connectivity index (χ1n) is 8.54. The standard InChI is InChI=1S/C20H24BrCl2NO2/c1-13(2)6-7-24-11-15-8-19(25-3)20(10-17(15)21)26-12-14-4-5-16(22)9-18(14)23/h4-5,8-10,13,24H,6-7,11-12H2,1-3H3. The van der Waals surface area contributed by atoms with E-state index in [2.05, 4.69) is 35.1 Å². The lowest BCUT2D eigenvalue weighted by molar-refractivity contribution is 0.284. The summed E-state index contributed by atoms with van der Waals surface area (Å²) in [4.78, 5) is 0. The fraction of sp³-hybridized carbons (Fsp3) is 0.400. The van der Waals surface area contributed by atoms with Crippen LogP contribution in [0.4, 0.5) is 0 Å². The molecule has 3 nitrogen and oxygen atoms in total. The molecule has 142 valence electrons.